The Morgan fingerprint density at radius 1 is 0.893 bits per heavy atom. The summed E-state index contributed by atoms with van der Waals surface area (Å²) in [5.74, 6) is 1.35. The topological polar surface area (TPSA) is 41.9 Å². The van der Waals surface area contributed by atoms with Crippen molar-refractivity contribution < 1.29 is 9.53 Å². The molecule has 0 aromatic heterocycles. The maximum absolute atomic E-state index is 13.1. The van der Waals surface area contributed by atoms with Gasteiger partial charge in [0.25, 0.3) is 5.91 Å². The van der Waals surface area contributed by atoms with Gasteiger partial charge in [-0.1, -0.05) is 72.8 Å². The summed E-state index contributed by atoms with van der Waals surface area (Å²) in [5, 5.41) is 0. The van der Waals surface area contributed by atoms with E-state index < -0.39 is 0 Å². The van der Waals surface area contributed by atoms with Crippen molar-refractivity contribution in [1.29, 1.82) is 0 Å². The van der Waals surface area contributed by atoms with Crippen LogP contribution in [0.4, 0.5) is 0 Å². The fourth-order valence-electron chi connectivity index (χ4n) is 3.13. The quantitative estimate of drug-likeness (QED) is 0.621. The second kappa shape index (κ2) is 7.92. The Balaban J connectivity index is 1.70. The minimum Gasteiger partial charge on any atom is -0.497 e. The first-order valence-corrected chi connectivity index (χ1v) is 9.10. The van der Waals surface area contributed by atoms with Gasteiger partial charge < -0.3 is 4.74 Å². The Morgan fingerprint density at radius 3 is 2.18 bits per heavy atom. The number of amides is 1. The largest absolute Gasteiger partial charge is 0.497 e. The number of ether oxygens (including phenoxy) is 1. The van der Waals surface area contributed by atoms with Crippen LogP contribution in [0.1, 0.15) is 16.7 Å². The van der Waals surface area contributed by atoms with Gasteiger partial charge in [0.2, 0.25) is 0 Å². The van der Waals surface area contributed by atoms with E-state index in [4.69, 9.17) is 4.74 Å². The van der Waals surface area contributed by atoms with Crippen LogP contribution in [0.2, 0.25) is 0 Å². The summed E-state index contributed by atoms with van der Waals surface area (Å²) in [4.78, 5) is 19.6. The molecule has 4 heteroatoms. The third kappa shape index (κ3) is 3.71. The molecule has 1 aliphatic rings. The molecule has 3 aromatic carbocycles. The summed E-state index contributed by atoms with van der Waals surface area (Å²) >= 11 is 0. The number of carbonyl (C=O) groups excluding carboxylic acids is 1. The van der Waals surface area contributed by atoms with Crippen LogP contribution in [0.3, 0.4) is 0 Å². The van der Waals surface area contributed by atoms with E-state index >= 15 is 0 Å². The van der Waals surface area contributed by atoms with E-state index in [1.54, 1.807) is 12.0 Å². The van der Waals surface area contributed by atoms with E-state index in [2.05, 4.69) is 4.99 Å². The highest BCUT2D eigenvalue weighted by atomic mass is 16.5. The normalized spacial score (nSPS) is 15.0. The standard InChI is InChI=1S/C24H20N2O2/c1-28-21-14-12-18(13-15-21)16-22-24(27)26(17-19-8-4-2-5-9-19)23(25-22)20-10-6-3-7-11-20/h2-16H,17H2,1H3/b22-16+. The molecule has 0 atom stereocenters. The predicted octanol–water partition coefficient (Wildman–Crippen LogP) is 4.53. The van der Waals surface area contributed by atoms with Crippen LogP contribution in [-0.2, 0) is 11.3 Å². The van der Waals surface area contributed by atoms with E-state index in [1.807, 2.05) is 91.0 Å². The van der Waals surface area contributed by atoms with Crippen molar-refractivity contribution in [3.8, 4) is 5.75 Å². The first-order chi connectivity index (χ1) is 13.7. The number of rotatable bonds is 5. The fraction of sp³-hybridized carbons (Fsp3) is 0.0833. The highest BCUT2D eigenvalue weighted by molar-refractivity contribution is 6.19. The molecule has 0 bridgehead atoms. The van der Waals surface area contributed by atoms with Crippen LogP contribution in [0.15, 0.2) is 95.6 Å². The van der Waals surface area contributed by atoms with Crippen LogP contribution in [0.25, 0.3) is 6.08 Å². The zero-order chi connectivity index (χ0) is 19.3. The Kier molecular flexibility index (Phi) is 5.02. The highest BCUT2D eigenvalue weighted by Gasteiger charge is 2.31. The SMILES string of the molecule is COc1ccc(/C=C2/N=C(c3ccccc3)N(Cc3ccccc3)C2=O)cc1. The molecule has 0 saturated heterocycles. The van der Waals surface area contributed by atoms with Gasteiger partial charge in [0.05, 0.1) is 13.7 Å². The summed E-state index contributed by atoms with van der Waals surface area (Å²) in [6, 6.07) is 27.3. The van der Waals surface area contributed by atoms with Gasteiger partial charge in [0.15, 0.2) is 0 Å². The number of amidine groups is 1. The molecule has 0 N–H and O–H groups in total. The van der Waals surface area contributed by atoms with Crippen molar-refractivity contribution in [2.45, 2.75) is 6.54 Å². The molecular formula is C24H20N2O2. The molecule has 0 aliphatic carbocycles. The van der Waals surface area contributed by atoms with Crippen LogP contribution >= 0.6 is 0 Å². The van der Waals surface area contributed by atoms with Crippen molar-refractivity contribution in [1.82, 2.24) is 4.90 Å². The van der Waals surface area contributed by atoms with Crippen LogP contribution in [0.5, 0.6) is 5.75 Å². The number of methoxy groups -OCH3 is 1. The molecule has 0 spiro atoms. The minimum atomic E-state index is -0.0986. The summed E-state index contributed by atoms with van der Waals surface area (Å²) in [5.41, 5.74) is 3.32. The van der Waals surface area contributed by atoms with E-state index in [0.29, 0.717) is 18.1 Å². The number of benzene rings is 3. The Hall–Kier alpha value is -3.66. The van der Waals surface area contributed by atoms with E-state index in [1.165, 1.54) is 0 Å². The summed E-state index contributed by atoms with van der Waals surface area (Å²) in [7, 11) is 1.63. The molecule has 28 heavy (non-hydrogen) atoms. The van der Waals surface area contributed by atoms with Gasteiger partial charge >= 0.3 is 0 Å². The lowest BCUT2D eigenvalue weighted by molar-refractivity contribution is -0.123. The van der Waals surface area contributed by atoms with Gasteiger partial charge in [-0.15, -0.1) is 0 Å². The third-order valence-electron chi connectivity index (χ3n) is 4.58. The fourth-order valence-corrected chi connectivity index (χ4v) is 3.13. The summed E-state index contributed by atoms with van der Waals surface area (Å²) < 4.78 is 5.20. The number of hydrogen-bond acceptors (Lipinski definition) is 3. The molecular weight excluding hydrogens is 348 g/mol. The molecule has 0 saturated carbocycles. The molecule has 4 nitrogen and oxygen atoms in total. The highest BCUT2D eigenvalue weighted by Crippen LogP contribution is 2.24. The molecule has 1 amide bonds. The van der Waals surface area contributed by atoms with Crippen molar-refractivity contribution in [2.75, 3.05) is 7.11 Å². The number of aliphatic imine (C=N–C) groups is 1. The average molecular weight is 368 g/mol. The van der Waals surface area contributed by atoms with Gasteiger partial charge in [-0.05, 0) is 29.3 Å². The van der Waals surface area contributed by atoms with E-state index in [0.717, 1.165) is 22.4 Å². The number of hydrogen-bond donors (Lipinski definition) is 0. The first-order valence-electron chi connectivity index (χ1n) is 9.10. The Bertz CT molecular complexity index is 1020. The maximum atomic E-state index is 13.1. The van der Waals surface area contributed by atoms with E-state index in [-0.39, 0.29) is 5.91 Å². The van der Waals surface area contributed by atoms with Crippen LogP contribution in [0, 0.1) is 0 Å². The molecule has 4 rings (SSSR count). The smallest absolute Gasteiger partial charge is 0.278 e. The predicted molar refractivity (Wildman–Crippen MR) is 111 cm³/mol. The molecule has 138 valence electrons. The molecule has 0 unspecified atom stereocenters. The average Bonchev–Trinajstić information content (AvgIpc) is 3.05. The zero-order valence-corrected chi connectivity index (χ0v) is 15.6. The minimum absolute atomic E-state index is 0.0986. The Morgan fingerprint density at radius 2 is 1.54 bits per heavy atom. The van der Waals surface area contributed by atoms with Gasteiger partial charge in [-0.2, -0.15) is 0 Å². The first kappa shape index (κ1) is 17.7. The van der Waals surface area contributed by atoms with Gasteiger partial charge in [-0.3, -0.25) is 9.69 Å². The van der Waals surface area contributed by atoms with Gasteiger partial charge in [0, 0.05) is 5.56 Å². The van der Waals surface area contributed by atoms with Crippen molar-refractivity contribution in [2.24, 2.45) is 4.99 Å². The third-order valence-corrected chi connectivity index (χ3v) is 4.58. The molecule has 1 aliphatic heterocycles. The zero-order valence-electron chi connectivity index (χ0n) is 15.6. The van der Waals surface area contributed by atoms with Crippen molar-refractivity contribution >= 4 is 17.8 Å². The molecule has 3 aromatic rings. The lowest BCUT2D eigenvalue weighted by atomic mass is 10.1. The lowest BCUT2D eigenvalue weighted by Gasteiger charge is -2.18. The van der Waals surface area contributed by atoms with Gasteiger partial charge in [0.1, 0.15) is 17.3 Å². The van der Waals surface area contributed by atoms with Crippen molar-refractivity contribution in [3.05, 3.63) is 107 Å². The maximum Gasteiger partial charge on any atom is 0.278 e. The Labute approximate surface area is 164 Å². The second-order valence-electron chi connectivity index (χ2n) is 6.48. The summed E-state index contributed by atoms with van der Waals surface area (Å²) in [6.07, 6.45) is 1.82. The second-order valence-corrected chi connectivity index (χ2v) is 6.48. The van der Waals surface area contributed by atoms with Crippen molar-refractivity contribution in [3.63, 3.8) is 0 Å². The number of nitrogens with zero attached hydrogens (tertiary/aromatic N) is 2. The van der Waals surface area contributed by atoms with Crippen LogP contribution < -0.4 is 4.74 Å². The molecule has 0 radical (unpaired) electrons. The monoisotopic (exact) mass is 368 g/mol. The summed E-state index contributed by atoms with van der Waals surface area (Å²) in [6.45, 7) is 0.480. The number of carbonyl (C=O) groups is 1. The van der Waals surface area contributed by atoms with Crippen LogP contribution in [-0.4, -0.2) is 23.8 Å². The lowest BCUT2D eigenvalue weighted by Crippen LogP contribution is -2.32. The molecule has 1 heterocycles. The van der Waals surface area contributed by atoms with Gasteiger partial charge in [-0.25, -0.2) is 4.99 Å². The molecule has 0 fully saturated rings. The van der Waals surface area contributed by atoms with E-state index in [9.17, 15) is 4.79 Å².